The number of carbonyl (C=O) groups excluding carboxylic acids is 1. The van der Waals surface area contributed by atoms with E-state index >= 15 is 0 Å². The van der Waals surface area contributed by atoms with Crippen LogP contribution in [0.25, 0.3) is 0 Å². The number of aryl methyl sites for hydroxylation is 1. The SMILES string of the molecule is CCCCOCCOC(=O)C(N)c1cnn(C)c1. The highest BCUT2D eigenvalue weighted by Gasteiger charge is 2.18. The van der Waals surface area contributed by atoms with Crippen LogP contribution in [0, 0.1) is 0 Å². The summed E-state index contributed by atoms with van der Waals surface area (Å²) in [5.41, 5.74) is 6.39. The van der Waals surface area contributed by atoms with Gasteiger partial charge in [-0.05, 0) is 6.42 Å². The van der Waals surface area contributed by atoms with Crippen LogP contribution in [0.5, 0.6) is 0 Å². The zero-order chi connectivity index (χ0) is 13.4. The third kappa shape index (κ3) is 4.85. The Hall–Kier alpha value is -1.40. The number of nitrogens with zero attached hydrogens (tertiary/aromatic N) is 2. The normalized spacial score (nSPS) is 12.4. The molecule has 0 radical (unpaired) electrons. The second-order valence-corrected chi connectivity index (χ2v) is 4.06. The molecule has 2 N–H and O–H groups in total. The molecular formula is C12H21N3O3. The van der Waals surface area contributed by atoms with Crippen LogP contribution in [0.1, 0.15) is 31.4 Å². The molecule has 0 aliphatic heterocycles. The number of rotatable bonds is 8. The van der Waals surface area contributed by atoms with E-state index < -0.39 is 12.0 Å². The van der Waals surface area contributed by atoms with Gasteiger partial charge in [0.25, 0.3) is 0 Å². The third-order valence-corrected chi connectivity index (χ3v) is 2.45. The molecule has 0 amide bonds. The molecular weight excluding hydrogens is 234 g/mol. The number of aromatic nitrogens is 2. The second kappa shape index (κ2) is 7.84. The first-order valence-corrected chi connectivity index (χ1v) is 6.13. The number of hydrogen-bond acceptors (Lipinski definition) is 5. The molecule has 0 aliphatic carbocycles. The number of carbonyl (C=O) groups is 1. The van der Waals surface area contributed by atoms with Crippen LogP contribution in [0.15, 0.2) is 12.4 Å². The number of nitrogens with two attached hydrogens (primary N) is 1. The zero-order valence-corrected chi connectivity index (χ0v) is 11.0. The lowest BCUT2D eigenvalue weighted by atomic mass is 10.2. The van der Waals surface area contributed by atoms with Crippen LogP contribution in [0.4, 0.5) is 0 Å². The van der Waals surface area contributed by atoms with Crippen LogP contribution in [-0.4, -0.2) is 35.6 Å². The van der Waals surface area contributed by atoms with Gasteiger partial charge in [-0.2, -0.15) is 5.10 Å². The molecule has 0 saturated carbocycles. The van der Waals surface area contributed by atoms with Crippen molar-refractivity contribution >= 4 is 5.97 Å². The van der Waals surface area contributed by atoms with E-state index in [1.807, 2.05) is 0 Å². The highest BCUT2D eigenvalue weighted by molar-refractivity contribution is 5.77. The van der Waals surface area contributed by atoms with E-state index in [2.05, 4.69) is 12.0 Å². The summed E-state index contributed by atoms with van der Waals surface area (Å²) >= 11 is 0. The predicted molar refractivity (Wildman–Crippen MR) is 66.8 cm³/mol. The molecule has 102 valence electrons. The smallest absolute Gasteiger partial charge is 0.327 e. The molecule has 0 aliphatic rings. The molecule has 1 aromatic heterocycles. The summed E-state index contributed by atoms with van der Waals surface area (Å²) in [5, 5.41) is 3.95. The van der Waals surface area contributed by atoms with E-state index in [0.717, 1.165) is 12.8 Å². The lowest BCUT2D eigenvalue weighted by molar-refractivity contribution is -0.147. The van der Waals surface area contributed by atoms with Crippen molar-refractivity contribution in [3.05, 3.63) is 18.0 Å². The third-order valence-electron chi connectivity index (χ3n) is 2.45. The first kappa shape index (κ1) is 14.7. The van der Waals surface area contributed by atoms with Crippen molar-refractivity contribution in [2.75, 3.05) is 19.8 Å². The van der Waals surface area contributed by atoms with Crippen LogP contribution >= 0.6 is 0 Å². The van der Waals surface area contributed by atoms with Crippen molar-refractivity contribution in [3.8, 4) is 0 Å². The summed E-state index contributed by atoms with van der Waals surface area (Å²) in [6.07, 6.45) is 5.36. The summed E-state index contributed by atoms with van der Waals surface area (Å²) < 4.78 is 11.9. The Morgan fingerprint density at radius 3 is 2.89 bits per heavy atom. The maximum absolute atomic E-state index is 11.6. The largest absolute Gasteiger partial charge is 0.462 e. The van der Waals surface area contributed by atoms with Gasteiger partial charge < -0.3 is 15.2 Å². The number of ether oxygens (including phenoxy) is 2. The monoisotopic (exact) mass is 255 g/mol. The van der Waals surface area contributed by atoms with E-state index in [9.17, 15) is 4.79 Å². The molecule has 0 fully saturated rings. The van der Waals surface area contributed by atoms with E-state index in [1.54, 1.807) is 24.1 Å². The van der Waals surface area contributed by atoms with Crippen LogP contribution in [0.2, 0.25) is 0 Å². The molecule has 18 heavy (non-hydrogen) atoms. The minimum atomic E-state index is -0.783. The maximum atomic E-state index is 11.6. The molecule has 1 unspecified atom stereocenters. The molecule has 0 bridgehead atoms. The molecule has 1 rings (SSSR count). The van der Waals surface area contributed by atoms with Gasteiger partial charge in [-0.25, -0.2) is 4.79 Å². The first-order valence-electron chi connectivity index (χ1n) is 6.13. The van der Waals surface area contributed by atoms with Gasteiger partial charge in [0.2, 0.25) is 0 Å². The standard InChI is InChI=1S/C12H21N3O3/c1-3-4-5-17-6-7-18-12(16)11(13)10-8-14-15(2)9-10/h8-9,11H,3-7,13H2,1-2H3. The van der Waals surface area contributed by atoms with Gasteiger partial charge in [0.15, 0.2) is 0 Å². The topological polar surface area (TPSA) is 79.4 Å². The number of esters is 1. The number of unbranched alkanes of at least 4 members (excludes halogenated alkanes) is 1. The second-order valence-electron chi connectivity index (χ2n) is 4.06. The van der Waals surface area contributed by atoms with E-state index in [-0.39, 0.29) is 6.61 Å². The average Bonchev–Trinajstić information content (AvgIpc) is 2.79. The van der Waals surface area contributed by atoms with E-state index in [1.165, 1.54) is 0 Å². The molecule has 0 aromatic carbocycles. The van der Waals surface area contributed by atoms with Crippen LogP contribution in [0.3, 0.4) is 0 Å². The lowest BCUT2D eigenvalue weighted by Crippen LogP contribution is -2.24. The Bertz CT molecular complexity index is 365. The van der Waals surface area contributed by atoms with Crippen LogP contribution < -0.4 is 5.73 Å². The first-order chi connectivity index (χ1) is 8.65. The maximum Gasteiger partial charge on any atom is 0.327 e. The quantitative estimate of drug-likeness (QED) is 0.548. The van der Waals surface area contributed by atoms with Gasteiger partial charge in [-0.1, -0.05) is 13.3 Å². The average molecular weight is 255 g/mol. The van der Waals surface area contributed by atoms with Gasteiger partial charge in [-0.3, -0.25) is 4.68 Å². The van der Waals surface area contributed by atoms with E-state index in [4.69, 9.17) is 15.2 Å². The fourth-order valence-corrected chi connectivity index (χ4v) is 1.38. The van der Waals surface area contributed by atoms with Crippen molar-refractivity contribution in [3.63, 3.8) is 0 Å². The molecule has 1 atom stereocenters. The van der Waals surface area contributed by atoms with E-state index in [0.29, 0.717) is 18.8 Å². The minimum Gasteiger partial charge on any atom is -0.462 e. The van der Waals surface area contributed by atoms with Crippen molar-refractivity contribution in [1.82, 2.24) is 9.78 Å². The van der Waals surface area contributed by atoms with Crippen molar-refractivity contribution in [2.45, 2.75) is 25.8 Å². The molecule has 0 spiro atoms. The van der Waals surface area contributed by atoms with Crippen molar-refractivity contribution < 1.29 is 14.3 Å². The Morgan fingerprint density at radius 2 is 2.28 bits per heavy atom. The molecule has 1 heterocycles. The van der Waals surface area contributed by atoms with Gasteiger partial charge in [-0.15, -0.1) is 0 Å². The summed E-state index contributed by atoms with van der Waals surface area (Å²) in [4.78, 5) is 11.6. The molecule has 0 saturated heterocycles. The minimum absolute atomic E-state index is 0.233. The highest BCUT2D eigenvalue weighted by Crippen LogP contribution is 2.09. The Morgan fingerprint density at radius 1 is 1.50 bits per heavy atom. The Kier molecular flexibility index (Phi) is 6.38. The van der Waals surface area contributed by atoms with Crippen molar-refractivity contribution in [1.29, 1.82) is 0 Å². The fraction of sp³-hybridized carbons (Fsp3) is 0.667. The van der Waals surface area contributed by atoms with Crippen molar-refractivity contribution in [2.24, 2.45) is 12.8 Å². The highest BCUT2D eigenvalue weighted by atomic mass is 16.6. The lowest BCUT2D eigenvalue weighted by Gasteiger charge is -2.10. The predicted octanol–water partition coefficient (Wildman–Crippen LogP) is 0.780. The summed E-state index contributed by atoms with van der Waals surface area (Å²) in [5.74, 6) is -0.456. The summed E-state index contributed by atoms with van der Waals surface area (Å²) in [6.45, 7) is 3.43. The number of hydrogen-bond donors (Lipinski definition) is 1. The summed E-state index contributed by atoms with van der Waals surface area (Å²) in [6, 6.07) is -0.783. The molecule has 6 nitrogen and oxygen atoms in total. The summed E-state index contributed by atoms with van der Waals surface area (Å²) in [7, 11) is 1.77. The molecule has 6 heteroatoms. The van der Waals surface area contributed by atoms with Gasteiger partial charge >= 0.3 is 5.97 Å². The Labute approximate surface area is 107 Å². The molecule has 1 aromatic rings. The fourth-order valence-electron chi connectivity index (χ4n) is 1.38. The van der Waals surface area contributed by atoms with Crippen LogP contribution in [-0.2, 0) is 21.3 Å². The van der Waals surface area contributed by atoms with Gasteiger partial charge in [0, 0.05) is 25.4 Å². The van der Waals surface area contributed by atoms with Gasteiger partial charge in [0.1, 0.15) is 12.6 Å². The zero-order valence-electron chi connectivity index (χ0n) is 11.0. The Balaban J connectivity index is 2.20. The van der Waals surface area contributed by atoms with Gasteiger partial charge in [0.05, 0.1) is 12.8 Å².